The minimum atomic E-state index is -1.29. The second-order valence-electron chi connectivity index (χ2n) is 38.8. The Hall–Kier alpha value is -1.60. The molecule has 7 radical (unpaired) electrons. The predicted octanol–water partition coefficient (Wildman–Crippen LogP) is 16.2. The van der Waals surface area contributed by atoms with Crippen LogP contribution in [0.1, 0.15) is 295 Å². The summed E-state index contributed by atoms with van der Waals surface area (Å²) in [5.41, 5.74) is -2.59. The first kappa shape index (κ1) is 162. The SMILES string of the molecule is CCC(=O)OCC(C)(CO)C(C)=O.CCC(=O)OC[C@@](C)(CC)C(=O)O[C@@H]1CC[C@@H](C(C)C)C[C@H]1OC.CCC(=O)OC[C@@](C)(CO)C(C)=O.CCC(=O)OC[C@](C)(CC)C(=O)O[C@@H]1CC[C@@H](C(C)C)C[C@H]1OC.CCC(=O)OC[C@](C)(CO)C(C)=O.[B].[B]I.[CH2-]C(=O)OC[C@@](C)(CO)C(=O)O[C@@H]1CC[C@@H](C(C)C)C[C@H]1OC.[CH2-]C(=O)OC[C@](C)(CO)C(=O)O[C@@H]1CC[C@@H](C(C)C)C[C@H]1OC.[CH3-].[CH3-].[I][V]([I])[I].[Y].[Y]. The molecule has 43 heteroatoms. The van der Waals surface area contributed by atoms with Crippen LogP contribution in [0.4, 0.5) is 0 Å². The van der Waals surface area contributed by atoms with Gasteiger partial charge in [-0.05, 0) is 206 Å². The Kier molecular flexibility index (Phi) is 97.7. The van der Waals surface area contributed by atoms with Gasteiger partial charge in [0.25, 0.3) is 0 Å². The van der Waals surface area contributed by atoms with E-state index in [2.05, 4.69) is 135 Å². The summed E-state index contributed by atoms with van der Waals surface area (Å²) in [4.78, 5) is 160. The van der Waals surface area contributed by atoms with Gasteiger partial charge in [-0.3, -0.25) is 81.0 Å². The van der Waals surface area contributed by atoms with Gasteiger partial charge in [0, 0.05) is 134 Å². The Morgan fingerprint density at radius 2 is 0.465 bits per heavy atom. The van der Waals surface area contributed by atoms with Crippen LogP contribution in [0, 0.1) is 114 Å². The first-order valence-corrected chi connectivity index (χ1v) is 62.7. The van der Waals surface area contributed by atoms with E-state index in [1.54, 1.807) is 120 Å². The molecule has 19 atom stereocenters. The van der Waals surface area contributed by atoms with Crippen molar-refractivity contribution in [1.82, 2.24) is 0 Å². The van der Waals surface area contributed by atoms with Crippen LogP contribution in [0.3, 0.4) is 0 Å². The second-order valence-corrected chi connectivity index (χ2v) is 74.2. The predicted molar refractivity (Wildman–Crippen MR) is 576 cm³/mol. The van der Waals surface area contributed by atoms with Gasteiger partial charge in [-0.2, -0.15) is 22.4 Å². The monoisotopic (exact) mass is 2700 g/mol. The average molecular weight is 2700 g/mol. The first-order valence-electron chi connectivity index (χ1n) is 47.9. The van der Waals surface area contributed by atoms with Crippen LogP contribution in [0.25, 0.3) is 0 Å². The van der Waals surface area contributed by atoms with Gasteiger partial charge in [-0.1, -0.05) is 104 Å². The summed E-state index contributed by atoms with van der Waals surface area (Å²) in [5, 5.41) is 45.8. The normalized spacial score (nSPS) is 21.9. The van der Waals surface area contributed by atoms with E-state index in [0.717, 1.165) is 77.0 Å². The molecule has 4 aliphatic carbocycles. The Morgan fingerprint density at radius 3 is 0.590 bits per heavy atom. The van der Waals surface area contributed by atoms with Crippen molar-refractivity contribution in [2.75, 3.05) is 108 Å². The third-order valence-corrected chi connectivity index (χ3v) is 26.2. The van der Waals surface area contributed by atoms with Crippen molar-refractivity contribution >= 4 is 179 Å². The fraction of sp³-hybridized carbons (Fsp3) is 0.822. The quantitative estimate of drug-likeness (QED) is 0.0124. The summed E-state index contributed by atoms with van der Waals surface area (Å²) in [7, 11) is 6.58. The van der Waals surface area contributed by atoms with Crippen molar-refractivity contribution in [1.29, 1.82) is 0 Å². The molecule has 837 valence electrons. The first-order chi connectivity index (χ1) is 64.6. The van der Waals surface area contributed by atoms with Crippen LogP contribution in [0.2, 0.25) is 0 Å². The van der Waals surface area contributed by atoms with Gasteiger partial charge >= 0.3 is 119 Å². The van der Waals surface area contributed by atoms with Crippen LogP contribution in [-0.2, 0) is 209 Å². The number of Topliss-reactive ketones (excluding diaryl/α,β-unsaturated/α-hetero) is 3. The number of aliphatic hydroxyl groups is 5. The van der Waals surface area contributed by atoms with Crippen LogP contribution < -0.4 is 0 Å². The minimum Gasteiger partial charge on any atom is 0 e. The molecule has 0 spiro atoms. The number of ether oxygens (including phenoxy) is 15. The summed E-state index contributed by atoms with van der Waals surface area (Å²) in [6, 6.07) is 0. The zero-order valence-corrected chi connectivity index (χ0v) is 108. The number of hydrogen-bond acceptors (Lipinski definition) is 34. The Labute approximate surface area is 968 Å². The van der Waals surface area contributed by atoms with E-state index in [9.17, 15) is 77.3 Å². The number of carbonyl (C=O) groups excluding carboxylic acids is 14. The summed E-state index contributed by atoms with van der Waals surface area (Å²) in [6.45, 7) is 49.1. The molecule has 0 aromatic carbocycles. The standard InChI is InChI=1S/2C19H34O5.2C17H29O6.3C9H16O4.2CH3.BI.B.3HI.V.2Y/c2*1-7-17(20)23-12-19(5,8-2)18(21)24-15-10-9-14(13(3)4)11-16(15)22-6;2*1-11(2)13-6-7-14(15(8-13)21-5)23-16(20)17(4,9-18)10-22-12(3)19;3*1-4-8(12)13-6-9(3,5-10)7(2)11;;;1-2;;;;;;;/h2*13-16H,7-12H2,1-6H3;2*11,13-15,18H,3,6-10H2,1-2,4-5H3;3*10H,4-6H2,1-3H3;2*1H3;;;3*1H;;;/q;;2*-1;;;;2*-1;;;;;;+3;;/p-3/t14-,15-,16-,19+;14-,15-,16-,19-;13-,14-,15-,17+;13-,14-,15-,17-;2*9-;;;;;;;;;;;/m111110.........../s1. The number of hydrogen-bond donors (Lipinski definition) is 5. The van der Waals surface area contributed by atoms with Crippen molar-refractivity contribution in [2.45, 2.75) is 344 Å². The van der Waals surface area contributed by atoms with Crippen molar-refractivity contribution in [2.24, 2.45) is 85.2 Å². The third-order valence-electron chi connectivity index (χ3n) is 26.2. The van der Waals surface area contributed by atoms with Gasteiger partial charge in [0.15, 0.2) is 17.6 Å². The van der Waals surface area contributed by atoms with E-state index in [1.807, 2.05) is 13.8 Å². The van der Waals surface area contributed by atoms with Gasteiger partial charge in [0.1, 0.15) is 98.8 Å². The number of esters is 11. The molecule has 0 bridgehead atoms. The molecular formula is C101H180B2I4O34VY2-4. The van der Waals surface area contributed by atoms with Gasteiger partial charge in [0.05, 0.1) is 84.5 Å². The summed E-state index contributed by atoms with van der Waals surface area (Å²) in [5.74, 6) is -0.855. The van der Waals surface area contributed by atoms with E-state index < -0.39 is 75.0 Å². The van der Waals surface area contributed by atoms with E-state index >= 15 is 0 Å². The van der Waals surface area contributed by atoms with Crippen LogP contribution in [0.15, 0.2) is 0 Å². The summed E-state index contributed by atoms with van der Waals surface area (Å²) >= 11 is 9.04. The molecule has 0 aromatic heterocycles. The number of carbonyl (C=O) groups is 14. The van der Waals surface area contributed by atoms with Crippen LogP contribution in [-0.4, -0.2) is 279 Å². The molecule has 4 fully saturated rings. The van der Waals surface area contributed by atoms with E-state index in [0.29, 0.717) is 73.0 Å². The van der Waals surface area contributed by atoms with Gasteiger partial charge < -0.3 is 111 Å². The van der Waals surface area contributed by atoms with E-state index in [1.165, 1.54) is 34.6 Å². The second kappa shape index (κ2) is 86.6. The minimum absolute atomic E-state index is 0. The van der Waals surface area contributed by atoms with Gasteiger partial charge in [-0.15, -0.1) is 0 Å². The maximum absolute atomic E-state index is 12.7. The number of rotatable bonds is 45. The van der Waals surface area contributed by atoms with Crippen molar-refractivity contribution in [3.05, 3.63) is 28.7 Å². The molecule has 0 aromatic rings. The number of halogens is 4. The Morgan fingerprint density at radius 1 is 0.312 bits per heavy atom. The zero-order valence-electron chi connectivity index (χ0n) is 92.4. The Bertz CT molecular complexity index is 3330. The Balaban J connectivity index is -0.000000181. The van der Waals surface area contributed by atoms with Crippen molar-refractivity contribution < 1.29 is 234 Å². The molecule has 0 heterocycles. The topological polar surface area (TPSA) is 479 Å². The zero-order chi connectivity index (χ0) is 109. The maximum atomic E-state index is 12.7. The van der Waals surface area contributed by atoms with Gasteiger partial charge in [0.2, 0.25) is 0 Å². The number of ketones is 3. The largest absolute Gasteiger partial charge is 0 e. The van der Waals surface area contributed by atoms with E-state index in [-0.39, 0.29) is 287 Å². The van der Waals surface area contributed by atoms with Gasteiger partial charge in [-0.25, -0.2) is 0 Å². The molecule has 144 heavy (non-hydrogen) atoms. The molecule has 4 rings (SSSR count). The molecule has 0 aliphatic heterocycles. The maximum Gasteiger partial charge on any atom is 0 e. The molecule has 1 unspecified atom stereocenters. The molecular weight excluding hydrogens is 2520 g/mol. The molecule has 5 N–H and O–H groups in total. The van der Waals surface area contributed by atoms with E-state index in [4.69, 9.17) is 86.4 Å². The summed E-state index contributed by atoms with van der Waals surface area (Å²) in [6.07, 6.45) is 11.7. The molecule has 4 aliphatic rings. The number of methoxy groups -OCH3 is 4. The number of aliphatic hydroxyl groups excluding tert-OH is 5. The summed E-state index contributed by atoms with van der Waals surface area (Å²) < 4.78 is 79.2. The van der Waals surface area contributed by atoms with Crippen molar-refractivity contribution in [3.63, 3.8) is 0 Å². The molecule has 34 nitrogen and oxygen atoms in total. The molecule has 0 saturated heterocycles. The van der Waals surface area contributed by atoms with Crippen LogP contribution in [0.5, 0.6) is 0 Å². The average Bonchev–Trinajstić information content (AvgIpc) is 0.831. The fourth-order valence-corrected chi connectivity index (χ4v) is 13.5. The van der Waals surface area contributed by atoms with Crippen molar-refractivity contribution in [3.8, 4) is 0 Å². The smallest absolute Gasteiger partial charge is 0 e. The third kappa shape index (κ3) is 64.7. The fourth-order valence-electron chi connectivity index (χ4n) is 13.5. The molecule has 4 saturated carbocycles. The molecule has 0 amide bonds. The van der Waals surface area contributed by atoms with Crippen LogP contribution >= 0.6 is 82.3 Å².